The van der Waals surface area contributed by atoms with Crippen LogP contribution in [0.25, 0.3) is 0 Å². The van der Waals surface area contributed by atoms with Crippen LogP contribution in [0.5, 0.6) is 0 Å². The first-order chi connectivity index (χ1) is 30.2. The number of ether oxygens (including phenoxy) is 11. The average Bonchev–Trinajstić information content (AvgIpc) is 3.26. The van der Waals surface area contributed by atoms with Crippen molar-refractivity contribution >= 4 is 27.5 Å². The molecule has 3 rings (SSSR count). The lowest BCUT2D eigenvalue weighted by Crippen LogP contribution is -2.16. The minimum Gasteiger partial charge on any atom is -0.460 e. The minimum absolute atomic E-state index is 0.0127. The highest BCUT2D eigenvalue weighted by Crippen LogP contribution is 2.32. The molecule has 0 aliphatic carbocycles. The number of benzene rings is 3. The zero-order chi connectivity index (χ0) is 44.4. The van der Waals surface area contributed by atoms with E-state index in [0.29, 0.717) is 118 Å². The molecular formula is C42H58F3NO15S. The van der Waals surface area contributed by atoms with Crippen molar-refractivity contribution in [2.24, 2.45) is 0 Å². The molecule has 1 N–H and O–H groups in total. The van der Waals surface area contributed by atoms with Gasteiger partial charge >= 0.3 is 12.1 Å². The number of carbonyl (C=O) groups excluding carboxylic acids is 1. The highest BCUT2D eigenvalue weighted by Gasteiger charge is 2.30. The summed E-state index contributed by atoms with van der Waals surface area (Å²) in [4.78, 5) is 12.7. The highest BCUT2D eigenvalue weighted by molar-refractivity contribution is 7.86. The Bertz CT molecular complexity index is 1710. The third-order valence-corrected chi connectivity index (χ3v) is 9.25. The number of halogens is 3. The number of carbonyl (C=O) groups is 1. The van der Waals surface area contributed by atoms with Crippen LogP contribution < -0.4 is 5.32 Å². The van der Waals surface area contributed by atoms with Crippen molar-refractivity contribution in [1.29, 1.82) is 0 Å². The number of esters is 1. The van der Waals surface area contributed by atoms with Crippen LogP contribution in [0.2, 0.25) is 0 Å². The first-order valence-electron chi connectivity index (χ1n) is 20.1. The Hall–Kier alpha value is -3.77. The van der Waals surface area contributed by atoms with Gasteiger partial charge in [-0.15, -0.1) is 0 Å². The Labute approximate surface area is 361 Å². The summed E-state index contributed by atoms with van der Waals surface area (Å²) in [6.45, 7) is 7.31. The predicted octanol–water partition coefficient (Wildman–Crippen LogP) is 5.18. The monoisotopic (exact) mass is 905 g/mol. The second-order valence-corrected chi connectivity index (χ2v) is 14.2. The molecule has 0 unspecified atom stereocenters. The third kappa shape index (κ3) is 24.8. The van der Waals surface area contributed by atoms with Gasteiger partial charge in [0.25, 0.3) is 10.1 Å². The summed E-state index contributed by atoms with van der Waals surface area (Å²) in [6, 6.07) is 19.0. The van der Waals surface area contributed by atoms with Gasteiger partial charge in [0.2, 0.25) is 0 Å². The quantitative estimate of drug-likeness (QED) is 0.0453. The lowest BCUT2D eigenvalue weighted by molar-refractivity contribution is -0.137. The molecule has 0 heterocycles. The van der Waals surface area contributed by atoms with Crippen LogP contribution >= 0.6 is 0 Å². The molecule has 62 heavy (non-hydrogen) atoms. The maximum Gasteiger partial charge on any atom is 0.416 e. The summed E-state index contributed by atoms with van der Waals surface area (Å²) in [7, 11) is -3.78. The van der Waals surface area contributed by atoms with Crippen LogP contribution in [0.4, 0.5) is 24.5 Å². The van der Waals surface area contributed by atoms with E-state index in [0.717, 1.165) is 12.1 Å². The summed E-state index contributed by atoms with van der Waals surface area (Å²) >= 11 is 0. The van der Waals surface area contributed by atoms with Gasteiger partial charge in [0.1, 0.15) is 6.61 Å². The molecular weight excluding hydrogens is 848 g/mol. The fourth-order valence-electron chi connectivity index (χ4n) is 4.91. The Balaban J connectivity index is 0.976. The molecule has 0 saturated heterocycles. The van der Waals surface area contributed by atoms with E-state index in [1.54, 1.807) is 36.4 Å². The second kappa shape index (κ2) is 32.8. The first-order valence-corrected chi connectivity index (χ1v) is 21.5. The zero-order valence-corrected chi connectivity index (χ0v) is 35.5. The largest absolute Gasteiger partial charge is 0.460 e. The maximum atomic E-state index is 13.1. The van der Waals surface area contributed by atoms with Gasteiger partial charge in [0.15, 0.2) is 0 Å². The van der Waals surface area contributed by atoms with Gasteiger partial charge in [-0.1, -0.05) is 36.4 Å². The van der Waals surface area contributed by atoms with Crippen molar-refractivity contribution < 1.29 is 82.7 Å². The highest BCUT2D eigenvalue weighted by atomic mass is 32.2. The van der Waals surface area contributed by atoms with E-state index < -0.39 is 27.8 Å². The van der Waals surface area contributed by atoms with E-state index in [1.807, 2.05) is 0 Å². The van der Waals surface area contributed by atoms with Crippen molar-refractivity contribution in [2.45, 2.75) is 11.1 Å². The van der Waals surface area contributed by atoms with Crippen molar-refractivity contribution in [3.05, 3.63) is 90.0 Å². The Morgan fingerprint density at radius 1 is 0.468 bits per heavy atom. The summed E-state index contributed by atoms with van der Waals surface area (Å²) < 4.78 is 128. The van der Waals surface area contributed by atoms with Gasteiger partial charge in [0.05, 0.1) is 160 Å². The van der Waals surface area contributed by atoms with Crippen molar-refractivity contribution in [2.75, 3.05) is 151 Å². The number of hydrogen-bond acceptors (Lipinski definition) is 16. The topological polar surface area (TPSA) is 174 Å². The van der Waals surface area contributed by atoms with Crippen LogP contribution in [-0.4, -0.2) is 160 Å². The molecule has 0 aliphatic heterocycles. The molecule has 0 bridgehead atoms. The van der Waals surface area contributed by atoms with Crippen molar-refractivity contribution in [3.8, 4) is 0 Å². The molecule has 0 aliphatic rings. The SMILES string of the molecule is O=C(OCCOCCOCCOCCOCCOCCOCCOCCOCCOCCOCCOS(=O)(=O)c1ccccc1)c1ccccc1Nc1cccc(C(F)(F)F)c1. The molecule has 0 spiro atoms. The number of alkyl halides is 3. The predicted molar refractivity (Wildman–Crippen MR) is 219 cm³/mol. The minimum atomic E-state index is -4.49. The summed E-state index contributed by atoms with van der Waals surface area (Å²) in [5.41, 5.74) is -0.121. The van der Waals surface area contributed by atoms with Crippen molar-refractivity contribution in [1.82, 2.24) is 0 Å². The standard InChI is InChI=1S/C42H58F3NO15S/c43-42(44,45)36-7-6-8-37(35-36)46-40-12-5-4-11-39(40)41(47)60-33-31-58-29-27-56-25-23-54-21-19-52-17-15-50-13-14-51-16-18-53-20-22-55-24-26-57-28-30-59-32-34-61-62(48,49)38-9-2-1-3-10-38/h1-12,35,46H,13-34H2. The van der Waals surface area contributed by atoms with Gasteiger partial charge in [-0.25, -0.2) is 4.79 Å². The number of anilines is 2. The van der Waals surface area contributed by atoms with E-state index >= 15 is 0 Å². The summed E-state index contributed by atoms with van der Waals surface area (Å²) in [5.74, 6) is -0.638. The van der Waals surface area contributed by atoms with Crippen LogP contribution in [0, 0.1) is 0 Å². The Kier molecular flexibility index (Phi) is 27.8. The number of rotatable bonds is 38. The Morgan fingerprint density at radius 2 is 0.855 bits per heavy atom. The summed E-state index contributed by atoms with van der Waals surface area (Å²) in [5, 5.41) is 2.85. The molecule has 348 valence electrons. The third-order valence-electron chi connectivity index (χ3n) is 7.92. The fourth-order valence-corrected chi connectivity index (χ4v) is 5.82. The second-order valence-electron chi connectivity index (χ2n) is 12.6. The van der Waals surface area contributed by atoms with Gasteiger partial charge in [-0.05, 0) is 42.5 Å². The summed E-state index contributed by atoms with van der Waals surface area (Å²) in [6.07, 6.45) is -4.49. The lowest BCUT2D eigenvalue weighted by Gasteiger charge is -2.13. The molecule has 3 aromatic rings. The number of nitrogens with one attached hydrogen (secondary N) is 1. The molecule has 16 nitrogen and oxygen atoms in total. The zero-order valence-electron chi connectivity index (χ0n) is 34.7. The van der Waals surface area contributed by atoms with Gasteiger partial charge in [-0.2, -0.15) is 21.6 Å². The van der Waals surface area contributed by atoms with E-state index in [9.17, 15) is 26.4 Å². The number of para-hydroxylation sites is 1. The lowest BCUT2D eigenvalue weighted by atomic mass is 10.1. The van der Waals surface area contributed by atoms with E-state index in [2.05, 4.69) is 5.32 Å². The maximum absolute atomic E-state index is 13.1. The van der Waals surface area contributed by atoms with Crippen LogP contribution in [0.3, 0.4) is 0 Å². The van der Waals surface area contributed by atoms with Gasteiger partial charge in [0, 0.05) is 5.69 Å². The van der Waals surface area contributed by atoms with Gasteiger partial charge < -0.3 is 57.4 Å². The molecule has 0 amide bonds. The van der Waals surface area contributed by atoms with E-state index in [-0.39, 0.29) is 49.2 Å². The van der Waals surface area contributed by atoms with Crippen LogP contribution in [0.1, 0.15) is 15.9 Å². The van der Waals surface area contributed by atoms with Gasteiger partial charge in [-0.3, -0.25) is 4.18 Å². The molecule has 0 fully saturated rings. The normalized spacial score (nSPS) is 11.9. The van der Waals surface area contributed by atoms with Crippen LogP contribution in [-0.2, 0) is 72.6 Å². The van der Waals surface area contributed by atoms with Crippen molar-refractivity contribution in [3.63, 3.8) is 0 Å². The van der Waals surface area contributed by atoms with E-state index in [1.165, 1.54) is 30.3 Å². The smallest absolute Gasteiger partial charge is 0.416 e. The van der Waals surface area contributed by atoms with Crippen LogP contribution in [0.15, 0.2) is 83.8 Å². The molecule has 0 atom stereocenters. The first kappa shape index (κ1) is 52.6. The molecule has 0 radical (unpaired) electrons. The molecule has 0 aromatic heterocycles. The Morgan fingerprint density at radius 3 is 1.29 bits per heavy atom. The molecule has 3 aromatic carbocycles. The fraction of sp³-hybridized carbons (Fsp3) is 0.548. The molecule has 20 heteroatoms. The van der Waals surface area contributed by atoms with E-state index in [4.69, 9.17) is 56.3 Å². The average molecular weight is 906 g/mol. The number of hydrogen-bond donors (Lipinski definition) is 1. The molecule has 0 saturated carbocycles.